The topological polar surface area (TPSA) is 70.6 Å². The van der Waals surface area contributed by atoms with E-state index in [1.165, 1.54) is 18.4 Å². The second-order valence-electron chi connectivity index (χ2n) is 5.82. The number of hydrogen-bond donors (Lipinski definition) is 2. The van der Waals surface area contributed by atoms with E-state index in [0.29, 0.717) is 18.2 Å². The molecule has 22 heavy (non-hydrogen) atoms. The molecular weight excluding hydrogens is 298 g/mol. The van der Waals surface area contributed by atoms with Gasteiger partial charge in [-0.3, -0.25) is 4.99 Å². The van der Waals surface area contributed by atoms with E-state index in [-0.39, 0.29) is 4.90 Å². The van der Waals surface area contributed by atoms with Crippen LogP contribution in [0.4, 0.5) is 5.69 Å². The minimum Gasteiger partial charge on any atom is -0.324 e. The van der Waals surface area contributed by atoms with Crippen LogP contribution in [0.2, 0.25) is 0 Å². The third-order valence-corrected chi connectivity index (χ3v) is 5.38. The molecule has 0 spiro atoms. The first-order chi connectivity index (χ1) is 10.5. The van der Waals surface area contributed by atoms with Crippen molar-refractivity contribution in [2.45, 2.75) is 43.9 Å². The van der Waals surface area contributed by atoms with Gasteiger partial charge in [0.1, 0.15) is 4.90 Å². The molecule has 3 rings (SSSR count). The first-order valence-electron chi connectivity index (χ1n) is 7.67. The van der Waals surface area contributed by atoms with Crippen molar-refractivity contribution in [1.29, 1.82) is 0 Å². The number of benzene rings is 1. The highest BCUT2D eigenvalue weighted by Crippen LogP contribution is 2.25. The number of rotatable bonds is 3. The van der Waals surface area contributed by atoms with E-state index in [1.54, 1.807) is 12.1 Å². The fourth-order valence-corrected chi connectivity index (χ4v) is 4.04. The van der Waals surface area contributed by atoms with Gasteiger partial charge in [0.2, 0.25) is 5.96 Å². The van der Waals surface area contributed by atoms with Crippen molar-refractivity contribution in [2.24, 2.45) is 4.99 Å². The van der Waals surface area contributed by atoms with E-state index in [2.05, 4.69) is 21.1 Å². The Bertz CT molecular complexity index is 736. The number of aryl methyl sites for hydroxylation is 1. The highest BCUT2D eigenvalue weighted by atomic mass is 32.2. The van der Waals surface area contributed by atoms with Gasteiger partial charge in [-0.05, 0) is 56.7 Å². The first kappa shape index (κ1) is 15.1. The molecular formula is C16H21N3O2S. The Morgan fingerprint density at radius 1 is 1.27 bits per heavy atom. The van der Waals surface area contributed by atoms with E-state index < -0.39 is 10.0 Å². The zero-order valence-electron chi connectivity index (χ0n) is 12.7. The van der Waals surface area contributed by atoms with Gasteiger partial charge in [0.25, 0.3) is 10.0 Å². The summed E-state index contributed by atoms with van der Waals surface area (Å²) in [5, 5.41) is 3.06. The molecule has 2 aliphatic rings. The van der Waals surface area contributed by atoms with Gasteiger partial charge in [-0.15, -0.1) is 0 Å². The van der Waals surface area contributed by atoms with Gasteiger partial charge in [0, 0.05) is 6.54 Å². The second-order valence-corrected chi connectivity index (χ2v) is 7.47. The average molecular weight is 319 g/mol. The van der Waals surface area contributed by atoms with E-state index in [1.807, 2.05) is 13.0 Å². The van der Waals surface area contributed by atoms with Crippen molar-refractivity contribution in [3.05, 3.63) is 35.4 Å². The van der Waals surface area contributed by atoms with Crippen molar-refractivity contribution < 1.29 is 8.42 Å². The summed E-state index contributed by atoms with van der Waals surface area (Å²) in [4.78, 5) is 4.65. The van der Waals surface area contributed by atoms with Crippen molar-refractivity contribution in [3.8, 4) is 0 Å². The highest BCUT2D eigenvalue weighted by molar-refractivity contribution is 7.90. The number of guanidine groups is 1. The zero-order valence-corrected chi connectivity index (χ0v) is 13.5. The Kier molecular flexibility index (Phi) is 4.20. The lowest BCUT2D eigenvalue weighted by molar-refractivity contribution is 0.591. The summed E-state index contributed by atoms with van der Waals surface area (Å²) in [6.45, 7) is 2.47. The fourth-order valence-electron chi connectivity index (χ4n) is 2.81. The van der Waals surface area contributed by atoms with Crippen LogP contribution in [0.25, 0.3) is 0 Å². The lowest BCUT2D eigenvalue weighted by atomic mass is 9.97. The van der Waals surface area contributed by atoms with Crippen LogP contribution in [0.3, 0.4) is 0 Å². The van der Waals surface area contributed by atoms with E-state index in [4.69, 9.17) is 0 Å². The SMILES string of the molecule is Cc1ccc2c(c1)S(=O)(=O)NC(=NCCC1=CCCCC1)N2. The summed E-state index contributed by atoms with van der Waals surface area (Å²) in [6, 6.07) is 5.33. The molecule has 0 saturated heterocycles. The Labute approximate surface area is 131 Å². The molecule has 0 bridgehead atoms. The van der Waals surface area contributed by atoms with Crippen molar-refractivity contribution in [3.63, 3.8) is 0 Å². The number of hydrogen-bond acceptors (Lipinski definition) is 3. The maximum absolute atomic E-state index is 12.3. The first-order valence-corrected chi connectivity index (χ1v) is 9.16. The molecule has 6 heteroatoms. The molecule has 1 heterocycles. The fraction of sp³-hybridized carbons (Fsp3) is 0.438. The van der Waals surface area contributed by atoms with Gasteiger partial charge < -0.3 is 5.32 Å². The molecule has 0 unspecified atom stereocenters. The summed E-state index contributed by atoms with van der Waals surface area (Å²) < 4.78 is 27.0. The molecule has 0 radical (unpaired) electrons. The minimum absolute atomic E-state index is 0.279. The second kappa shape index (κ2) is 6.12. The van der Waals surface area contributed by atoms with Crippen LogP contribution >= 0.6 is 0 Å². The Balaban J connectivity index is 1.73. The number of allylic oxidation sites excluding steroid dienone is 1. The molecule has 1 aliphatic carbocycles. The molecule has 1 aromatic carbocycles. The summed E-state index contributed by atoms with van der Waals surface area (Å²) in [5.41, 5.74) is 2.93. The summed E-state index contributed by atoms with van der Waals surface area (Å²) >= 11 is 0. The van der Waals surface area contributed by atoms with Gasteiger partial charge in [0.15, 0.2) is 0 Å². The van der Waals surface area contributed by atoms with Crippen molar-refractivity contribution >= 4 is 21.7 Å². The molecule has 0 amide bonds. The van der Waals surface area contributed by atoms with Crippen LogP contribution in [0, 0.1) is 6.92 Å². The van der Waals surface area contributed by atoms with Crippen molar-refractivity contribution in [2.75, 3.05) is 11.9 Å². The van der Waals surface area contributed by atoms with Gasteiger partial charge in [-0.1, -0.05) is 17.7 Å². The molecule has 0 aromatic heterocycles. The molecule has 0 atom stereocenters. The maximum atomic E-state index is 12.3. The smallest absolute Gasteiger partial charge is 0.266 e. The van der Waals surface area contributed by atoms with Gasteiger partial charge >= 0.3 is 0 Å². The van der Waals surface area contributed by atoms with Crippen LogP contribution in [0.5, 0.6) is 0 Å². The Hall–Kier alpha value is -1.82. The number of aliphatic imine (C=N–C) groups is 1. The maximum Gasteiger partial charge on any atom is 0.266 e. The van der Waals surface area contributed by atoms with E-state index >= 15 is 0 Å². The molecule has 0 saturated carbocycles. The third kappa shape index (κ3) is 3.32. The van der Waals surface area contributed by atoms with Crippen LogP contribution in [0.1, 0.15) is 37.7 Å². The predicted octanol–water partition coefficient (Wildman–Crippen LogP) is 2.95. The molecule has 1 aromatic rings. The molecule has 2 N–H and O–H groups in total. The number of anilines is 1. The number of sulfonamides is 1. The standard InChI is InChI=1S/C16H21N3O2S/c1-12-7-8-14-15(11-12)22(20,21)19-16(18-14)17-10-9-13-5-3-2-4-6-13/h5,7-8,11H,2-4,6,9-10H2,1H3,(H2,17,18,19). The lowest BCUT2D eigenvalue weighted by Crippen LogP contribution is -2.40. The quantitative estimate of drug-likeness (QED) is 0.842. The highest BCUT2D eigenvalue weighted by Gasteiger charge is 2.26. The predicted molar refractivity (Wildman–Crippen MR) is 88.6 cm³/mol. The average Bonchev–Trinajstić information content (AvgIpc) is 2.49. The summed E-state index contributed by atoms with van der Waals surface area (Å²) in [7, 11) is -3.53. The summed E-state index contributed by atoms with van der Waals surface area (Å²) in [6.07, 6.45) is 8.01. The molecule has 0 fully saturated rings. The van der Waals surface area contributed by atoms with Gasteiger partial charge in [-0.2, -0.15) is 0 Å². The van der Waals surface area contributed by atoms with E-state index in [9.17, 15) is 8.42 Å². The number of nitrogens with one attached hydrogen (secondary N) is 2. The normalized spacial score (nSPS) is 21.5. The molecule has 5 nitrogen and oxygen atoms in total. The number of fused-ring (bicyclic) bond motifs is 1. The van der Waals surface area contributed by atoms with Crippen LogP contribution in [-0.4, -0.2) is 20.9 Å². The lowest BCUT2D eigenvalue weighted by Gasteiger charge is -2.22. The van der Waals surface area contributed by atoms with Gasteiger partial charge in [-0.25, -0.2) is 13.1 Å². The summed E-state index contributed by atoms with van der Waals surface area (Å²) in [5.74, 6) is 0.313. The zero-order chi connectivity index (χ0) is 15.6. The molecule has 1 aliphatic heterocycles. The van der Waals surface area contributed by atoms with Crippen LogP contribution in [-0.2, 0) is 10.0 Å². The van der Waals surface area contributed by atoms with E-state index in [0.717, 1.165) is 24.8 Å². The van der Waals surface area contributed by atoms with Crippen molar-refractivity contribution in [1.82, 2.24) is 4.72 Å². The monoisotopic (exact) mass is 319 g/mol. The third-order valence-electron chi connectivity index (χ3n) is 4.00. The Morgan fingerprint density at radius 2 is 2.14 bits per heavy atom. The van der Waals surface area contributed by atoms with Crippen LogP contribution < -0.4 is 10.0 Å². The van der Waals surface area contributed by atoms with Gasteiger partial charge in [0.05, 0.1) is 5.69 Å². The molecule has 118 valence electrons. The Morgan fingerprint density at radius 3 is 2.91 bits per heavy atom. The van der Waals surface area contributed by atoms with Crippen LogP contribution in [0.15, 0.2) is 39.7 Å². The largest absolute Gasteiger partial charge is 0.324 e. The minimum atomic E-state index is -3.53. The number of nitrogens with zero attached hydrogens (tertiary/aromatic N) is 1.